The van der Waals surface area contributed by atoms with E-state index in [4.69, 9.17) is 9.47 Å². The number of nitrogens with one attached hydrogen (secondary N) is 1. The zero-order valence-corrected chi connectivity index (χ0v) is 23.3. The first-order valence-electron chi connectivity index (χ1n) is 12.3. The molecule has 0 saturated carbocycles. The summed E-state index contributed by atoms with van der Waals surface area (Å²) in [6, 6.07) is 14.9. The van der Waals surface area contributed by atoms with Crippen LogP contribution in [0, 0.1) is 13.8 Å². The number of hydrogen-bond donors (Lipinski definition) is 1. The van der Waals surface area contributed by atoms with Gasteiger partial charge in [-0.2, -0.15) is 0 Å². The van der Waals surface area contributed by atoms with Gasteiger partial charge in [-0.1, -0.05) is 62.7 Å². The van der Waals surface area contributed by atoms with Crippen molar-refractivity contribution in [3.63, 3.8) is 0 Å². The van der Waals surface area contributed by atoms with Crippen LogP contribution in [0.5, 0.6) is 11.9 Å². The molecule has 200 valence electrons. The van der Waals surface area contributed by atoms with E-state index in [1.54, 1.807) is 31.6 Å². The highest BCUT2D eigenvalue weighted by molar-refractivity contribution is 7.92. The summed E-state index contributed by atoms with van der Waals surface area (Å²) in [5.41, 5.74) is 4.28. The molecule has 0 unspecified atom stereocenters. The molecule has 10 heteroatoms. The van der Waals surface area contributed by atoms with Crippen LogP contribution in [0.1, 0.15) is 37.5 Å². The highest BCUT2D eigenvalue weighted by Crippen LogP contribution is 2.38. The van der Waals surface area contributed by atoms with Gasteiger partial charge in [0.1, 0.15) is 19.0 Å². The van der Waals surface area contributed by atoms with Gasteiger partial charge in [0, 0.05) is 19.4 Å². The van der Waals surface area contributed by atoms with Crippen LogP contribution in [-0.4, -0.2) is 41.4 Å². The Balaban J connectivity index is 1.60. The molecule has 38 heavy (non-hydrogen) atoms. The Morgan fingerprint density at radius 2 is 1.47 bits per heavy atom. The van der Waals surface area contributed by atoms with Crippen LogP contribution >= 0.6 is 0 Å². The minimum Gasteiger partial charge on any atom is -0.472 e. The lowest BCUT2D eigenvalue weighted by Crippen LogP contribution is -2.17. The standard InChI is InChI=1S/C28H33N5O4S/c1-19-7-9-21(10-8-19)24-25(32-38(34,35)23-13-11-22(12-14-23)28(3,4)5)33(6)31-26(24)36-15-16-37-27-29-17-20(2)18-30-27/h7-14,17-18,32H,15-16H2,1-6H3. The number of anilines is 1. The molecule has 0 amide bonds. The Morgan fingerprint density at radius 3 is 2.08 bits per heavy atom. The molecule has 0 fully saturated rings. The molecule has 0 bridgehead atoms. The lowest BCUT2D eigenvalue weighted by Gasteiger charge is -2.19. The second-order valence-corrected chi connectivity index (χ2v) is 11.8. The average Bonchev–Trinajstić information content (AvgIpc) is 3.17. The van der Waals surface area contributed by atoms with Crippen molar-refractivity contribution in [2.75, 3.05) is 17.9 Å². The molecule has 4 aromatic rings. The van der Waals surface area contributed by atoms with Crippen molar-refractivity contribution in [1.29, 1.82) is 0 Å². The largest absolute Gasteiger partial charge is 0.472 e. The van der Waals surface area contributed by atoms with E-state index >= 15 is 0 Å². The summed E-state index contributed by atoms with van der Waals surface area (Å²) < 4.78 is 42.5. The van der Waals surface area contributed by atoms with Crippen molar-refractivity contribution in [2.24, 2.45) is 7.05 Å². The number of nitrogens with zero attached hydrogens (tertiary/aromatic N) is 4. The van der Waals surface area contributed by atoms with Gasteiger partial charge in [0.2, 0.25) is 5.88 Å². The Morgan fingerprint density at radius 1 is 0.868 bits per heavy atom. The molecule has 0 aliphatic rings. The first kappa shape index (κ1) is 27.1. The second kappa shape index (κ2) is 10.8. The predicted octanol–water partition coefficient (Wildman–Crippen LogP) is 5.05. The van der Waals surface area contributed by atoms with Crippen LogP contribution < -0.4 is 14.2 Å². The fourth-order valence-corrected chi connectivity index (χ4v) is 4.85. The summed E-state index contributed by atoms with van der Waals surface area (Å²) in [5, 5.41) is 4.47. The smallest absolute Gasteiger partial charge is 0.316 e. The lowest BCUT2D eigenvalue weighted by molar-refractivity contribution is 0.201. The summed E-state index contributed by atoms with van der Waals surface area (Å²) in [6.07, 6.45) is 3.35. The Kier molecular flexibility index (Phi) is 7.73. The van der Waals surface area contributed by atoms with Crippen molar-refractivity contribution in [2.45, 2.75) is 44.9 Å². The van der Waals surface area contributed by atoms with Crippen LogP contribution in [0.4, 0.5) is 5.82 Å². The van der Waals surface area contributed by atoms with E-state index in [0.29, 0.717) is 11.4 Å². The van der Waals surface area contributed by atoms with Gasteiger partial charge < -0.3 is 9.47 Å². The van der Waals surface area contributed by atoms with Gasteiger partial charge in [-0.3, -0.25) is 4.72 Å². The number of hydrogen-bond acceptors (Lipinski definition) is 7. The van der Waals surface area contributed by atoms with E-state index in [1.165, 1.54) is 4.68 Å². The third-order valence-corrected chi connectivity index (χ3v) is 7.28. The van der Waals surface area contributed by atoms with E-state index in [1.807, 2.05) is 50.2 Å². The summed E-state index contributed by atoms with van der Waals surface area (Å²) in [6.45, 7) is 10.5. The third kappa shape index (κ3) is 6.31. The molecule has 2 aromatic heterocycles. The van der Waals surface area contributed by atoms with Gasteiger partial charge in [-0.15, -0.1) is 5.10 Å². The van der Waals surface area contributed by atoms with Crippen molar-refractivity contribution in [3.05, 3.63) is 77.6 Å². The van der Waals surface area contributed by atoms with E-state index in [0.717, 1.165) is 22.3 Å². The molecule has 1 N–H and O–H groups in total. The predicted molar refractivity (Wildman–Crippen MR) is 147 cm³/mol. The zero-order valence-electron chi connectivity index (χ0n) is 22.5. The molecule has 0 aliphatic carbocycles. The topological polar surface area (TPSA) is 108 Å². The molecule has 0 aliphatic heterocycles. The number of aromatic nitrogens is 4. The molecule has 0 atom stereocenters. The lowest BCUT2D eigenvalue weighted by atomic mass is 9.87. The average molecular weight is 536 g/mol. The van der Waals surface area contributed by atoms with Crippen molar-refractivity contribution in [3.8, 4) is 23.0 Å². The summed E-state index contributed by atoms with van der Waals surface area (Å²) in [7, 11) is -2.23. The molecule has 0 spiro atoms. The Bertz CT molecular complexity index is 1490. The zero-order chi connectivity index (χ0) is 27.5. The molecule has 2 heterocycles. The molecular weight excluding hydrogens is 502 g/mol. The van der Waals surface area contributed by atoms with Crippen LogP contribution in [-0.2, 0) is 22.5 Å². The van der Waals surface area contributed by atoms with Gasteiger partial charge in [-0.05, 0) is 48.1 Å². The van der Waals surface area contributed by atoms with Crippen LogP contribution in [0.25, 0.3) is 11.1 Å². The van der Waals surface area contributed by atoms with Gasteiger partial charge >= 0.3 is 6.01 Å². The number of rotatable bonds is 9. The Labute approximate surface area is 223 Å². The maximum atomic E-state index is 13.4. The van der Waals surface area contributed by atoms with Gasteiger partial charge in [-0.25, -0.2) is 23.1 Å². The second-order valence-electron chi connectivity index (χ2n) is 10.1. The van der Waals surface area contributed by atoms with Crippen molar-refractivity contribution >= 4 is 15.8 Å². The first-order valence-corrected chi connectivity index (χ1v) is 13.7. The SMILES string of the molecule is Cc1ccc(-c2c(OCCOc3ncc(C)cn3)nn(C)c2NS(=O)(=O)c2ccc(C(C)(C)C)cc2)cc1. The van der Waals surface area contributed by atoms with Crippen LogP contribution in [0.2, 0.25) is 0 Å². The highest BCUT2D eigenvalue weighted by Gasteiger charge is 2.25. The maximum absolute atomic E-state index is 13.4. The van der Waals surface area contributed by atoms with Crippen molar-refractivity contribution in [1.82, 2.24) is 19.7 Å². The molecule has 2 aromatic carbocycles. The minimum atomic E-state index is -3.90. The highest BCUT2D eigenvalue weighted by atomic mass is 32.2. The van der Waals surface area contributed by atoms with E-state index in [9.17, 15) is 8.42 Å². The molecule has 9 nitrogen and oxygen atoms in total. The molecule has 0 saturated heterocycles. The number of sulfonamides is 1. The van der Waals surface area contributed by atoms with Crippen LogP contribution in [0.15, 0.2) is 65.8 Å². The molecular formula is C28H33N5O4S. The summed E-state index contributed by atoms with van der Waals surface area (Å²) >= 11 is 0. The first-order chi connectivity index (χ1) is 17.9. The quantitative estimate of drug-likeness (QED) is 0.299. The van der Waals surface area contributed by atoms with E-state index in [2.05, 4.69) is 40.6 Å². The van der Waals surface area contributed by atoms with Crippen molar-refractivity contribution < 1.29 is 17.9 Å². The minimum absolute atomic E-state index is 0.0854. The summed E-state index contributed by atoms with van der Waals surface area (Å²) in [5.74, 6) is 0.581. The van der Waals surface area contributed by atoms with Gasteiger partial charge in [0.05, 0.1) is 10.5 Å². The normalized spacial score (nSPS) is 11.8. The maximum Gasteiger partial charge on any atom is 0.316 e. The molecule has 4 rings (SSSR count). The summed E-state index contributed by atoms with van der Waals surface area (Å²) in [4.78, 5) is 8.40. The van der Waals surface area contributed by atoms with E-state index < -0.39 is 10.0 Å². The molecule has 0 radical (unpaired) electrons. The third-order valence-electron chi connectivity index (χ3n) is 5.93. The van der Waals surface area contributed by atoms with E-state index in [-0.39, 0.29) is 35.4 Å². The van der Waals surface area contributed by atoms with Gasteiger partial charge in [0.15, 0.2) is 0 Å². The van der Waals surface area contributed by atoms with Gasteiger partial charge in [0.25, 0.3) is 10.0 Å². The number of aryl methyl sites for hydroxylation is 3. The monoisotopic (exact) mass is 535 g/mol. The fraction of sp³-hybridized carbons (Fsp3) is 0.321. The number of ether oxygens (including phenoxy) is 2. The number of benzene rings is 2. The van der Waals surface area contributed by atoms with Crippen LogP contribution in [0.3, 0.4) is 0 Å². The Hall–Kier alpha value is -3.92. The fourth-order valence-electron chi connectivity index (χ4n) is 3.74.